The first kappa shape index (κ1) is 23.7. The van der Waals surface area contributed by atoms with E-state index in [9.17, 15) is 13.2 Å². The number of aryl methyl sites for hydroxylation is 1. The van der Waals surface area contributed by atoms with Crippen LogP contribution >= 0.6 is 11.3 Å². The van der Waals surface area contributed by atoms with Gasteiger partial charge in [0, 0.05) is 44.8 Å². The summed E-state index contributed by atoms with van der Waals surface area (Å²) in [6.07, 6.45) is 0.956. The molecule has 33 heavy (non-hydrogen) atoms. The van der Waals surface area contributed by atoms with Gasteiger partial charge in [-0.25, -0.2) is 13.4 Å². The Kier molecular flexibility index (Phi) is 7.02. The fourth-order valence-corrected chi connectivity index (χ4v) is 6.70. The highest BCUT2D eigenvalue weighted by atomic mass is 32.2. The summed E-state index contributed by atoms with van der Waals surface area (Å²) in [4.78, 5) is 22.2. The Hall–Kier alpha value is -2.49. The zero-order valence-electron chi connectivity index (χ0n) is 19.3. The minimum Gasteiger partial charge on any atom is -0.345 e. The number of thiazole rings is 1. The molecule has 0 bridgehead atoms. The van der Waals surface area contributed by atoms with Crippen molar-refractivity contribution in [2.75, 3.05) is 44.2 Å². The van der Waals surface area contributed by atoms with Crippen LogP contribution in [0.25, 0.3) is 10.2 Å². The minimum absolute atomic E-state index is 0.0704. The Morgan fingerprint density at radius 1 is 1.00 bits per heavy atom. The molecular formula is C24H30N4O3S2. The molecule has 7 nitrogen and oxygen atoms in total. The number of rotatable bonds is 7. The third kappa shape index (κ3) is 4.62. The molecule has 1 amide bonds. The van der Waals surface area contributed by atoms with Crippen LogP contribution in [0.3, 0.4) is 0 Å². The van der Waals surface area contributed by atoms with E-state index in [4.69, 9.17) is 4.98 Å². The molecule has 0 N–H and O–H groups in total. The van der Waals surface area contributed by atoms with Crippen LogP contribution in [0.1, 0.15) is 36.7 Å². The van der Waals surface area contributed by atoms with Crippen molar-refractivity contribution < 1.29 is 13.2 Å². The summed E-state index contributed by atoms with van der Waals surface area (Å²) < 4.78 is 28.0. The number of para-hydroxylation sites is 1. The second-order valence-corrected chi connectivity index (χ2v) is 11.0. The van der Waals surface area contributed by atoms with Gasteiger partial charge in [0.1, 0.15) is 0 Å². The van der Waals surface area contributed by atoms with Gasteiger partial charge < -0.3 is 9.80 Å². The Morgan fingerprint density at radius 3 is 2.27 bits per heavy atom. The number of nitrogens with zero attached hydrogens (tertiary/aromatic N) is 4. The summed E-state index contributed by atoms with van der Waals surface area (Å²) in [5, 5.41) is 1.00. The van der Waals surface area contributed by atoms with E-state index in [0.717, 1.165) is 30.2 Å². The first-order chi connectivity index (χ1) is 15.9. The normalized spacial score (nSPS) is 14.9. The average molecular weight is 487 g/mol. The van der Waals surface area contributed by atoms with Crippen molar-refractivity contribution >= 4 is 42.6 Å². The predicted octanol–water partition coefficient (Wildman–Crippen LogP) is 3.85. The third-order valence-electron chi connectivity index (χ3n) is 6.15. The van der Waals surface area contributed by atoms with E-state index in [-0.39, 0.29) is 10.8 Å². The number of carbonyl (C=O) groups excluding carboxylic acids is 1. The molecule has 2 aromatic carbocycles. The largest absolute Gasteiger partial charge is 0.345 e. The summed E-state index contributed by atoms with van der Waals surface area (Å²) in [5.41, 5.74) is 2.85. The lowest BCUT2D eigenvalue weighted by Crippen LogP contribution is -2.48. The van der Waals surface area contributed by atoms with Crippen molar-refractivity contribution in [3.63, 3.8) is 0 Å². The second-order valence-electron chi connectivity index (χ2n) is 8.01. The van der Waals surface area contributed by atoms with Gasteiger partial charge in [-0.1, -0.05) is 44.2 Å². The maximum absolute atomic E-state index is 13.0. The molecule has 9 heteroatoms. The second kappa shape index (κ2) is 9.79. The number of hydrogen-bond acceptors (Lipinski definition) is 6. The minimum atomic E-state index is -3.53. The molecule has 0 spiro atoms. The molecule has 1 aliphatic heterocycles. The Morgan fingerprint density at radius 2 is 1.67 bits per heavy atom. The molecule has 2 heterocycles. The third-order valence-corrected chi connectivity index (χ3v) is 9.30. The number of amides is 1. The zero-order valence-corrected chi connectivity index (χ0v) is 21.0. The quantitative estimate of drug-likeness (QED) is 0.507. The number of fused-ring (bicyclic) bond motifs is 1. The molecule has 1 aromatic heterocycles. The van der Waals surface area contributed by atoms with Crippen LogP contribution in [-0.2, 0) is 16.4 Å². The standard InChI is InChI=1S/C24H30N4O3S2/c1-4-18-8-7-9-21-22(18)25-24(32-21)27-16-14-26(15-17-27)23(29)19-10-12-20(13-11-19)33(30,31)28(5-2)6-3/h7-13H,4-6,14-17H2,1-3H3. The Labute approximate surface area is 199 Å². The van der Waals surface area contributed by atoms with E-state index in [1.165, 1.54) is 26.7 Å². The van der Waals surface area contributed by atoms with Crippen molar-refractivity contribution in [3.8, 4) is 0 Å². The van der Waals surface area contributed by atoms with Crippen LogP contribution in [-0.4, -0.2) is 67.8 Å². The lowest BCUT2D eigenvalue weighted by Gasteiger charge is -2.34. The fraction of sp³-hybridized carbons (Fsp3) is 0.417. The number of hydrogen-bond donors (Lipinski definition) is 0. The number of carbonyl (C=O) groups is 1. The van der Waals surface area contributed by atoms with Gasteiger partial charge >= 0.3 is 0 Å². The first-order valence-electron chi connectivity index (χ1n) is 11.4. The molecule has 1 aliphatic rings. The molecule has 0 radical (unpaired) electrons. The highest BCUT2D eigenvalue weighted by molar-refractivity contribution is 7.89. The van der Waals surface area contributed by atoms with Crippen LogP contribution in [0, 0.1) is 0 Å². The predicted molar refractivity (Wildman–Crippen MR) is 134 cm³/mol. The van der Waals surface area contributed by atoms with Crippen molar-refractivity contribution in [1.29, 1.82) is 0 Å². The topological polar surface area (TPSA) is 73.8 Å². The van der Waals surface area contributed by atoms with E-state index in [1.54, 1.807) is 23.5 Å². The molecule has 176 valence electrons. The maximum atomic E-state index is 13.0. The fourth-order valence-electron chi connectivity index (χ4n) is 4.18. The van der Waals surface area contributed by atoms with Gasteiger partial charge in [0.25, 0.3) is 5.91 Å². The van der Waals surface area contributed by atoms with Gasteiger partial charge in [-0.15, -0.1) is 0 Å². The Bertz CT molecular complexity index is 1230. The van der Waals surface area contributed by atoms with Crippen LogP contribution in [0.2, 0.25) is 0 Å². The van der Waals surface area contributed by atoms with Gasteiger partial charge in [0.15, 0.2) is 5.13 Å². The molecular weight excluding hydrogens is 456 g/mol. The van der Waals surface area contributed by atoms with Crippen LogP contribution in [0.15, 0.2) is 47.4 Å². The van der Waals surface area contributed by atoms with E-state index < -0.39 is 10.0 Å². The van der Waals surface area contributed by atoms with Gasteiger partial charge in [0.05, 0.1) is 15.1 Å². The molecule has 0 unspecified atom stereocenters. The molecule has 0 aliphatic carbocycles. The van der Waals surface area contributed by atoms with Gasteiger partial charge in [-0.05, 0) is 42.3 Å². The summed E-state index contributed by atoms with van der Waals surface area (Å²) in [6.45, 7) is 9.26. The van der Waals surface area contributed by atoms with Gasteiger partial charge in [-0.3, -0.25) is 4.79 Å². The molecule has 1 fully saturated rings. The number of benzene rings is 2. The van der Waals surface area contributed by atoms with Crippen LogP contribution < -0.4 is 4.90 Å². The van der Waals surface area contributed by atoms with Crippen LogP contribution in [0.5, 0.6) is 0 Å². The number of sulfonamides is 1. The van der Waals surface area contributed by atoms with E-state index in [1.807, 2.05) is 18.7 Å². The van der Waals surface area contributed by atoms with E-state index in [2.05, 4.69) is 30.0 Å². The number of piperazine rings is 1. The average Bonchev–Trinajstić information content (AvgIpc) is 3.29. The summed E-state index contributed by atoms with van der Waals surface area (Å²) in [6, 6.07) is 12.6. The summed E-state index contributed by atoms with van der Waals surface area (Å²) in [7, 11) is -3.53. The Balaban J connectivity index is 1.42. The van der Waals surface area contributed by atoms with E-state index in [0.29, 0.717) is 31.7 Å². The van der Waals surface area contributed by atoms with Crippen LogP contribution in [0.4, 0.5) is 5.13 Å². The monoisotopic (exact) mass is 486 g/mol. The molecule has 1 saturated heterocycles. The SMILES string of the molecule is CCc1cccc2sc(N3CCN(C(=O)c4ccc(S(=O)(=O)N(CC)CC)cc4)CC3)nc12. The first-order valence-corrected chi connectivity index (χ1v) is 13.7. The van der Waals surface area contributed by atoms with Crippen molar-refractivity contribution in [2.45, 2.75) is 32.1 Å². The number of aromatic nitrogens is 1. The van der Waals surface area contributed by atoms with Crippen molar-refractivity contribution in [3.05, 3.63) is 53.6 Å². The zero-order chi connectivity index (χ0) is 23.6. The highest BCUT2D eigenvalue weighted by Crippen LogP contribution is 2.31. The molecule has 0 saturated carbocycles. The lowest BCUT2D eigenvalue weighted by atomic mass is 10.1. The highest BCUT2D eigenvalue weighted by Gasteiger charge is 2.26. The van der Waals surface area contributed by atoms with E-state index >= 15 is 0 Å². The smallest absolute Gasteiger partial charge is 0.253 e. The van der Waals surface area contributed by atoms with Gasteiger partial charge in [0.2, 0.25) is 10.0 Å². The maximum Gasteiger partial charge on any atom is 0.253 e. The van der Waals surface area contributed by atoms with Crippen molar-refractivity contribution in [2.24, 2.45) is 0 Å². The summed E-state index contributed by atoms with van der Waals surface area (Å²) >= 11 is 1.70. The summed E-state index contributed by atoms with van der Waals surface area (Å²) in [5.74, 6) is -0.0704. The number of anilines is 1. The molecule has 4 rings (SSSR count). The van der Waals surface area contributed by atoms with Crippen molar-refractivity contribution in [1.82, 2.24) is 14.2 Å². The molecule has 3 aromatic rings. The molecule has 0 atom stereocenters. The lowest BCUT2D eigenvalue weighted by molar-refractivity contribution is 0.0746. The van der Waals surface area contributed by atoms with Gasteiger partial charge in [-0.2, -0.15) is 4.31 Å².